The van der Waals surface area contributed by atoms with Crippen LogP contribution in [0, 0.1) is 0 Å². The second-order valence-electron chi connectivity index (χ2n) is 5.92. The van der Waals surface area contributed by atoms with E-state index in [-0.39, 0.29) is 0 Å². The van der Waals surface area contributed by atoms with Crippen molar-refractivity contribution < 1.29 is 9.47 Å². The Morgan fingerprint density at radius 3 is 1.74 bits per heavy atom. The molecule has 0 aromatic rings. The van der Waals surface area contributed by atoms with Crippen molar-refractivity contribution in [2.75, 3.05) is 19.8 Å². The highest BCUT2D eigenvalue weighted by Gasteiger charge is 2.21. The highest BCUT2D eigenvalue weighted by molar-refractivity contribution is 4.66. The first-order chi connectivity index (χ1) is 9.43. The summed E-state index contributed by atoms with van der Waals surface area (Å²) in [5.74, 6) is 0. The smallest absolute Gasteiger partial charge is 0.104 e. The topological polar surface area (TPSA) is 21.8 Å². The van der Waals surface area contributed by atoms with Crippen molar-refractivity contribution in [2.24, 2.45) is 0 Å². The van der Waals surface area contributed by atoms with Gasteiger partial charge in [-0.15, -0.1) is 0 Å². The minimum absolute atomic E-state index is 0.428. The molecule has 19 heavy (non-hydrogen) atoms. The van der Waals surface area contributed by atoms with E-state index in [1.54, 1.807) is 0 Å². The number of rotatable bonds is 15. The lowest BCUT2D eigenvalue weighted by Gasteiger charge is -2.03. The number of hydrogen-bond donors (Lipinski definition) is 0. The molecule has 0 aromatic heterocycles. The molecule has 0 amide bonds. The van der Waals surface area contributed by atoms with Crippen molar-refractivity contribution in [2.45, 2.75) is 90.1 Å². The molecule has 0 bridgehead atoms. The van der Waals surface area contributed by atoms with Gasteiger partial charge in [0.25, 0.3) is 0 Å². The van der Waals surface area contributed by atoms with E-state index in [0.29, 0.717) is 6.10 Å². The maximum absolute atomic E-state index is 5.52. The van der Waals surface area contributed by atoms with Gasteiger partial charge in [0.15, 0.2) is 0 Å². The third-order valence-corrected chi connectivity index (χ3v) is 3.85. The van der Waals surface area contributed by atoms with Crippen molar-refractivity contribution in [3.63, 3.8) is 0 Å². The molecule has 0 radical (unpaired) electrons. The molecule has 0 unspecified atom stereocenters. The number of hydrogen-bond acceptors (Lipinski definition) is 2. The minimum Gasteiger partial charge on any atom is -0.379 e. The first-order valence-corrected chi connectivity index (χ1v) is 8.63. The molecule has 1 aliphatic rings. The van der Waals surface area contributed by atoms with Crippen molar-refractivity contribution in [3.05, 3.63) is 0 Å². The van der Waals surface area contributed by atoms with Gasteiger partial charge in [-0.3, -0.25) is 0 Å². The van der Waals surface area contributed by atoms with Crippen LogP contribution >= 0.6 is 0 Å². The Balaban J connectivity index is 1.60. The SMILES string of the molecule is CCCCCCCCCCCCCCOC[C@H]1CO1. The highest BCUT2D eigenvalue weighted by Crippen LogP contribution is 2.12. The van der Waals surface area contributed by atoms with E-state index < -0.39 is 0 Å². The van der Waals surface area contributed by atoms with Gasteiger partial charge in [-0.2, -0.15) is 0 Å². The standard InChI is InChI=1S/C17H34O2/c1-2-3-4-5-6-7-8-9-10-11-12-13-14-18-15-17-16-19-17/h17H,2-16H2,1H3/t17-/m0/s1. The molecule has 0 aromatic carbocycles. The number of epoxide rings is 1. The lowest BCUT2D eigenvalue weighted by molar-refractivity contribution is 0.113. The molecule has 1 fully saturated rings. The molecule has 2 nitrogen and oxygen atoms in total. The zero-order valence-corrected chi connectivity index (χ0v) is 13.0. The van der Waals surface area contributed by atoms with E-state index in [4.69, 9.17) is 9.47 Å². The predicted molar refractivity (Wildman–Crippen MR) is 81.6 cm³/mol. The van der Waals surface area contributed by atoms with Crippen LogP contribution in [0.15, 0.2) is 0 Å². The van der Waals surface area contributed by atoms with Crippen LogP contribution in [0.1, 0.15) is 84.0 Å². The molecule has 2 heteroatoms. The molecule has 0 N–H and O–H groups in total. The fourth-order valence-corrected chi connectivity index (χ4v) is 2.42. The Morgan fingerprint density at radius 2 is 1.26 bits per heavy atom. The third-order valence-electron chi connectivity index (χ3n) is 3.85. The second-order valence-corrected chi connectivity index (χ2v) is 5.92. The summed E-state index contributed by atoms with van der Waals surface area (Å²) in [5.41, 5.74) is 0. The van der Waals surface area contributed by atoms with Crippen LogP contribution in [0.3, 0.4) is 0 Å². The fraction of sp³-hybridized carbons (Fsp3) is 1.00. The van der Waals surface area contributed by atoms with Crippen LogP contribution in [0.5, 0.6) is 0 Å². The van der Waals surface area contributed by atoms with Gasteiger partial charge in [-0.25, -0.2) is 0 Å². The Kier molecular flexibility index (Phi) is 11.5. The largest absolute Gasteiger partial charge is 0.379 e. The summed E-state index contributed by atoms with van der Waals surface area (Å²) in [6, 6.07) is 0. The molecule has 0 aliphatic carbocycles. The van der Waals surface area contributed by atoms with E-state index in [1.807, 2.05) is 0 Å². The summed E-state index contributed by atoms with van der Waals surface area (Å²) in [6.45, 7) is 4.94. The van der Waals surface area contributed by atoms with Gasteiger partial charge in [0.2, 0.25) is 0 Å². The molecule has 1 saturated heterocycles. The molecule has 114 valence electrons. The average molecular weight is 270 g/mol. The molecule has 1 heterocycles. The normalized spacial score (nSPS) is 17.8. The quantitative estimate of drug-likeness (QED) is 0.305. The fourth-order valence-electron chi connectivity index (χ4n) is 2.42. The summed E-state index contributed by atoms with van der Waals surface area (Å²) in [6.07, 6.45) is 17.3. The van der Waals surface area contributed by atoms with Crippen molar-refractivity contribution in [1.82, 2.24) is 0 Å². The summed E-state index contributed by atoms with van der Waals surface area (Å²) >= 11 is 0. The molecular weight excluding hydrogens is 236 g/mol. The molecular formula is C17H34O2. The summed E-state index contributed by atoms with van der Waals surface area (Å²) in [5, 5.41) is 0. The second kappa shape index (κ2) is 12.9. The zero-order chi connectivity index (χ0) is 13.6. The van der Waals surface area contributed by atoms with Crippen LogP contribution in [0.2, 0.25) is 0 Å². The molecule has 1 rings (SSSR count). The van der Waals surface area contributed by atoms with E-state index >= 15 is 0 Å². The van der Waals surface area contributed by atoms with Gasteiger partial charge in [0.05, 0.1) is 13.2 Å². The minimum atomic E-state index is 0.428. The Bertz CT molecular complexity index is 178. The van der Waals surface area contributed by atoms with Gasteiger partial charge >= 0.3 is 0 Å². The summed E-state index contributed by atoms with van der Waals surface area (Å²) in [7, 11) is 0. The van der Waals surface area contributed by atoms with Gasteiger partial charge < -0.3 is 9.47 Å². The Morgan fingerprint density at radius 1 is 0.789 bits per heavy atom. The van der Waals surface area contributed by atoms with E-state index in [1.165, 1.54) is 77.0 Å². The van der Waals surface area contributed by atoms with Crippen LogP contribution in [-0.4, -0.2) is 25.9 Å². The lowest BCUT2D eigenvalue weighted by Crippen LogP contribution is -2.02. The number of unbranched alkanes of at least 4 members (excludes halogenated alkanes) is 11. The highest BCUT2D eigenvalue weighted by atomic mass is 16.6. The monoisotopic (exact) mass is 270 g/mol. The number of ether oxygens (including phenoxy) is 2. The molecule has 0 spiro atoms. The van der Waals surface area contributed by atoms with Gasteiger partial charge in [-0.1, -0.05) is 77.6 Å². The van der Waals surface area contributed by atoms with Crippen molar-refractivity contribution >= 4 is 0 Å². The Hall–Kier alpha value is -0.0800. The summed E-state index contributed by atoms with van der Waals surface area (Å²) in [4.78, 5) is 0. The van der Waals surface area contributed by atoms with Crippen molar-refractivity contribution in [3.8, 4) is 0 Å². The van der Waals surface area contributed by atoms with E-state index in [2.05, 4.69) is 6.92 Å². The average Bonchev–Trinajstić information content (AvgIpc) is 3.23. The van der Waals surface area contributed by atoms with Gasteiger partial charge in [0.1, 0.15) is 6.10 Å². The molecule has 0 saturated carbocycles. The van der Waals surface area contributed by atoms with Crippen LogP contribution in [0.25, 0.3) is 0 Å². The van der Waals surface area contributed by atoms with E-state index in [9.17, 15) is 0 Å². The molecule has 1 atom stereocenters. The zero-order valence-electron chi connectivity index (χ0n) is 13.0. The summed E-state index contributed by atoms with van der Waals surface area (Å²) < 4.78 is 10.6. The maximum Gasteiger partial charge on any atom is 0.104 e. The maximum atomic E-state index is 5.52. The first kappa shape index (κ1) is 17.0. The Labute approximate surface area is 120 Å². The predicted octanol–water partition coefficient (Wildman–Crippen LogP) is 5.10. The van der Waals surface area contributed by atoms with E-state index in [0.717, 1.165) is 19.8 Å². The molecule has 1 aliphatic heterocycles. The lowest BCUT2D eigenvalue weighted by atomic mass is 10.1. The first-order valence-electron chi connectivity index (χ1n) is 8.63. The van der Waals surface area contributed by atoms with Crippen LogP contribution in [0.4, 0.5) is 0 Å². The van der Waals surface area contributed by atoms with Crippen LogP contribution in [-0.2, 0) is 9.47 Å². The van der Waals surface area contributed by atoms with Crippen molar-refractivity contribution in [1.29, 1.82) is 0 Å². The van der Waals surface area contributed by atoms with Gasteiger partial charge in [-0.05, 0) is 6.42 Å². The third kappa shape index (κ3) is 12.7. The van der Waals surface area contributed by atoms with Gasteiger partial charge in [0, 0.05) is 6.61 Å². The van der Waals surface area contributed by atoms with Crippen LogP contribution < -0.4 is 0 Å².